The molecule has 4 aromatic rings. The number of likely N-dealkylation sites (tertiary alicyclic amines) is 2. The van der Waals surface area contributed by atoms with Crippen molar-refractivity contribution in [1.82, 2.24) is 34.5 Å². The Morgan fingerprint density at radius 1 is 1.02 bits per heavy atom. The van der Waals surface area contributed by atoms with Gasteiger partial charge in [0.25, 0.3) is 0 Å². The van der Waals surface area contributed by atoms with Gasteiger partial charge in [-0.2, -0.15) is 18.3 Å². The largest absolute Gasteiger partial charge is 0.481 e. The normalized spacial score (nSPS) is 21.1. The number of aromatic nitrogens is 5. The molecule has 3 aromatic heterocycles. The number of halogens is 3. The third kappa shape index (κ3) is 7.63. The van der Waals surface area contributed by atoms with Gasteiger partial charge in [0.1, 0.15) is 22.8 Å². The van der Waals surface area contributed by atoms with Crippen molar-refractivity contribution in [3.8, 4) is 16.9 Å². The van der Waals surface area contributed by atoms with Crippen LogP contribution in [0.3, 0.4) is 0 Å². The number of carbonyl (C=O) groups is 1. The highest BCUT2D eigenvalue weighted by molar-refractivity contribution is 6.06. The first-order chi connectivity index (χ1) is 26.7. The molecule has 0 radical (unpaired) electrons. The fraction of sp³-hybridized carbons (Fsp3) is 0.585. The Morgan fingerprint density at radius 2 is 1.77 bits per heavy atom. The Bertz CT molecular complexity index is 2100. The van der Waals surface area contributed by atoms with Crippen LogP contribution >= 0.6 is 0 Å². The third-order valence-electron chi connectivity index (χ3n) is 11.7. The fourth-order valence-corrected chi connectivity index (χ4v) is 8.71. The van der Waals surface area contributed by atoms with Crippen LogP contribution in [-0.4, -0.2) is 112 Å². The van der Waals surface area contributed by atoms with E-state index < -0.39 is 18.4 Å². The van der Waals surface area contributed by atoms with Crippen LogP contribution in [0, 0.1) is 5.41 Å². The number of nitrogens with zero attached hydrogens (tertiary/aromatic N) is 8. The monoisotopic (exact) mass is 776 g/mol. The maximum atomic E-state index is 14.1. The predicted octanol–water partition coefficient (Wildman–Crippen LogP) is 7.97. The molecule has 4 fully saturated rings. The van der Waals surface area contributed by atoms with E-state index in [0.29, 0.717) is 82.9 Å². The molecule has 0 saturated carbocycles. The maximum Gasteiger partial charge on any atom is 0.422 e. The van der Waals surface area contributed by atoms with Crippen LogP contribution in [0.5, 0.6) is 5.75 Å². The number of hydrogen-bond acceptors (Lipinski definition) is 10. The Kier molecular flexibility index (Phi) is 10.1. The Balaban J connectivity index is 1.23. The second-order valence-corrected chi connectivity index (χ2v) is 17.0. The summed E-state index contributed by atoms with van der Waals surface area (Å²) in [5, 5.41) is 6.00. The van der Waals surface area contributed by atoms with Gasteiger partial charge < -0.3 is 28.9 Å². The zero-order valence-corrected chi connectivity index (χ0v) is 32.7. The molecule has 1 spiro atoms. The number of benzene rings is 1. The van der Waals surface area contributed by atoms with E-state index in [-0.39, 0.29) is 29.4 Å². The lowest BCUT2D eigenvalue weighted by Gasteiger charge is -2.53. The van der Waals surface area contributed by atoms with Crippen LogP contribution < -0.4 is 9.64 Å². The van der Waals surface area contributed by atoms with Gasteiger partial charge in [-0.05, 0) is 97.5 Å². The number of fused-ring (bicyclic) bond motifs is 2. The zero-order valence-electron chi connectivity index (χ0n) is 32.7. The number of hydrogen-bond donors (Lipinski definition) is 0. The van der Waals surface area contributed by atoms with Gasteiger partial charge in [0.2, 0.25) is 0 Å². The fourth-order valence-electron chi connectivity index (χ4n) is 8.71. The minimum atomic E-state index is -4.61. The van der Waals surface area contributed by atoms with E-state index in [1.807, 2.05) is 31.5 Å². The molecule has 1 atom stereocenters. The molecule has 4 aliphatic heterocycles. The van der Waals surface area contributed by atoms with Gasteiger partial charge in [0.05, 0.1) is 17.9 Å². The number of ether oxygens (including phenoxy) is 3. The highest BCUT2D eigenvalue weighted by Crippen LogP contribution is 2.47. The summed E-state index contributed by atoms with van der Waals surface area (Å²) < 4.78 is 61.7. The number of pyridine rings is 1. The summed E-state index contributed by atoms with van der Waals surface area (Å²) in [7, 11) is 2.08. The van der Waals surface area contributed by atoms with E-state index in [1.165, 1.54) is 0 Å². The molecule has 1 aromatic carbocycles. The second-order valence-electron chi connectivity index (χ2n) is 17.0. The van der Waals surface area contributed by atoms with Crippen molar-refractivity contribution in [2.75, 3.05) is 64.4 Å². The SMILES string of the molecule is C=Cc1cc2c(N3CCC4(CC3)CN(C(=O)OC(C)(C)C)C4)nc(C3CCN(C)CC3)nc2c(OCC(F)(F)F)c1-c1cncc2c1cnn2C1CCCCO1. The smallest absolute Gasteiger partial charge is 0.422 e. The summed E-state index contributed by atoms with van der Waals surface area (Å²) in [4.78, 5) is 33.9. The van der Waals surface area contributed by atoms with Gasteiger partial charge in [-0.3, -0.25) is 4.98 Å². The van der Waals surface area contributed by atoms with Gasteiger partial charge in [-0.25, -0.2) is 19.4 Å². The summed E-state index contributed by atoms with van der Waals surface area (Å²) in [6.07, 6.45) is 7.65. The molecule has 56 heavy (non-hydrogen) atoms. The van der Waals surface area contributed by atoms with Gasteiger partial charge in [0, 0.05) is 72.2 Å². The van der Waals surface area contributed by atoms with Gasteiger partial charge in [-0.1, -0.05) is 12.7 Å². The third-order valence-corrected chi connectivity index (χ3v) is 11.7. The summed E-state index contributed by atoms with van der Waals surface area (Å²) in [5.41, 5.74) is 2.02. The molecule has 300 valence electrons. The minimum Gasteiger partial charge on any atom is -0.481 e. The molecular formula is C41H51F3N8O4. The molecule has 4 saturated heterocycles. The number of amides is 1. The van der Waals surface area contributed by atoms with Crippen LogP contribution in [0.1, 0.15) is 89.3 Å². The summed E-state index contributed by atoms with van der Waals surface area (Å²) >= 11 is 0. The topological polar surface area (TPSA) is 111 Å². The van der Waals surface area contributed by atoms with E-state index in [9.17, 15) is 18.0 Å². The first kappa shape index (κ1) is 38.4. The quantitative estimate of drug-likeness (QED) is 0.183. The zero-order chi connectivity index (χ0) is 39.4. The number of carbonyl (C=O) groups excluding carboxylic acids is 1. The van der Waals surface area contributed by atoms with E-state index in [4.69, 9.17) is 24.2 Å². The number of alkyl halides is 3. The van der Waals surface area contributed by atoms with Crippen LogP contribution in [0.4, 0.5) is 23.8 Å². The van der Waals surface area contributed by atoms with E-state index in [0.717, 1.165) is 58.0 Å². The second kappa shape index (κ2) is 14.8. The number of piperidine rings is 2. The highest BCUT2D eigenvalue weighted by atomic mass is 19.4. The predicted molar refractivity (Wildman–Crippen MR) is 208 cm³/mol. The first-order valence-corrected chi connectivity index (χ1v) is 19.8. The lowest BCUT2D eigenvalue weighted by Crippen LogP contribution is -2.62. The molecule has 0 bridgehead atoms. The lowest BCUT2D eigenvalue weighted by molar-refractivity contribution is -0.153. The van der Waals surface area contributed by atoms with Gasteiger partial charge in [-0.15, -0.1) is 0 Å². The average Bonchev–Trinajstić information content (AvgIpc) is 3.60. The lowest BCUT2D eigenvalue weighted by atomic mass is 9.72. The maximum absolute atomic E-state index is 14.1. The highest BCUT2D eigenvalue weighted by Gasteiger charge is 2.48. The molecule has 1 amide bonds. The van der Waals surface area contributed by atoms with Crippen molar-refractivity contribution in [1.29, 1.82) is 0 Å². The summed E-state index contributed by atoms with van der Waals surface area (Å²) in [6.45, 7) is 13.1. The number of rotatable bonds is 7. The molecule has 0 aliphatic carbocycles. The Labute approximate surface area is 325 Å². The van der Waals surface area contributed by atoms with Crippen LogP contribution in [0.15, 0.2) is 31.2 Å². The standard InChI is InChI=1S/C41H51F3N8O4/c1-6-26-19-28-34(35(55-25-41(42,43)44)33(26)30-20-45-22-31-29(30)21-46-52(31)32-9-7-8-18-54-32)47-36(27-10-14-49(5)15-11-27)48-37(28)50-16-12-40(13-17-50)23-51(24-40)38(53)56-39(2,3)4/h6,19-22,27,32H,1,7-18,23-25H2,2-5H3. The van der Waals surface area contributed by atoms with Crippen LogP contribution in [0.25, 0.3) is 39.0 Å². The molecule has 8 rings (SSSR count). The van der Waals surface area contributed by atoms with E-state index in [1.54, 1.807) is 29.6 Å². The molecule has 7 heterocycles. The first-order valence-electron chi connectivity index (χ1n) is 19.8. The van der Waals surface area contributed by atoms with Crippen LogP contribution in [-0.2, 0) is 9.47 Å². The molecule has 12 nitrogen and oxygen atoms in total. The number of anilines is 1. The van der Waals surface area contributed by atoms with Crippen molar-refractivity contribution < 1.29 is 32.2 Å². The van der Waals surface area contributed by atoms with Crippen LogP contribution in [0.2, 0.25) is 0 Å². The van der Waals surface area contributed by atoms with E-state index in [2.05, 4.69) is 33.5 Å². The van der Waals surface area contributed by atoms with Crippen molar-refractivity contribution in [2.24, 2.45) is 5.41 Å². The molecule has 1 unspecified atom stereocenters. The molecule has 0 N–H and O–H groups in total. The molecule has 15 heteroatoms. The summed E-state index contributed by atoms with van der Waals surface area (Å²) in [6, 6.07) is 1.93. The molecule has 4 aliphatic rings. The van der Waals surface area contributed by atoms with Crippen molar-refractivity contribution in [3.05, 3.63) is 42.6 Å². The van der Waals surface area contributed by atoms with Gasteiger partial charge in [0.15, 0.2) is 18.6 Å². The molecular weight excluding hydrogens is 725 g/mol. The van der Waals surface area contributed by atoms with Gasteiger partial charge >= 0.3 is 12.3 Å². The van der Waals surface area contributed by atoms with Crippen molar-refractivity contribution >= 4 is 39.8 Å². The average molecular weight is 777 g/mol. The summed E-state index contributed by atoms with van der Waals surface area (Å²) in [5.74, 6) is 1.32. The van der Waals surface area contributed by atoms with Crippen molar-refractivity contribution in [3.63, 3.8) is 0 Å². The Hall–Kier alpha value is -4.50. The van der Waals surface area contributed by atoms with E-state index >= 15 is 0 Å². The minimum absolute atomic E-state index is 0.0176. The Morgan fingerprint density at radius 3 is 2.43 bits per heavy atom. The van der Waals surface area contributed by atoms with Crippen molar-refractivity contribution in [2.45, 2.75) is 89.6 Å².